The van der Waals surface area contributed by atoms with Crippen molar-refractivity contribution in [1.29, 1.82) is 0 Å². The van der Waals surface area contributed by atoms with Crippen molar-refractivity contribution in [1.82, 2.24) is 0 Å². The van der Waals surface area contributed by atoms with Gasteiger partial charge < -0.3 is 9.64 Å². The lowest BCUT2D eigenvalue weighted by Gasteiger charge is -2.18. The van der Waals surface area contributed by atoms with Gasteiger partial charge in [-0.15, -0.1) is 0 Å². The third-order valence-corrected chi connectivity index (χ3v) is 3.23. The first-order chi connectivity index (χ1) is 8.40. The summed E-state index contributed by atoms with van der Waals surface area (Å²) in [6.45, 7) is 3.27. The molecule has 0 spiro atoms. The molecule has 1 aliphatic rings. The topological polar surface area (TPSA) is 46.6 Å². The highest BCUT2D eigenvalue weighted by Crippen LogP contribution is 2.39. The quantitative estimate of drug-likeness (QED) is 0.735. The second kappa shape index (κ2) is 4.61. The van der Waals surface area contributed by atoms with E-state index in [4.69, 9.17) is 16.3 Å². The maximum Gasteiger partial charge on any atom is 0.230 e. The van der Waals surface area contributed by atoms with Gasteiger partial charge in [0.05, 0.1) is 17.1 Å². The summed E-state index contributed by atoms with van der Waals surface area (Å²) in [7, 11) is 1.66. The summed E-state index contributed by atoms with van der Waals surface area (Å²) in [5.74, 6) is 0.304. The van der Waals surface area contributed by atoms with E-state index in [0.29, 0.717) is 22.0 Å². The summed E-state index contributed by atoms with van der Waals surface area (Å²) in [6.07, 6.45) is 0.0542. The molecule has 0 N–H and O–H groups in total. The third-order valence-electron chi connectivity index (χ3n) is 2.95. The van der Waals surface area contributed by atoms with Crippen LogP contribution in [0.5, 0.6) is 5.75 Å². The van der Waals surface area contributed by atoms with Crippen LogP contribution in [0.15, 0.2) is 12.1 Å². The zero-order valence-corrected chi connectivity index (χ0v) is 11.2. The number of hydrogen-bond donors (Lipinski definition) is 0. The average molecular weight is 268 g/mol. The number of carbonyl (C=O) groups excluding carboxylic acids is 2. The third kappa shape index (κ3) is 2.20. The lowest BCUT2D eigenvalue weighted by Crippen LogP contribution is -2.27. The minimum Gasteiger partial charge on any atom is -0.486 e. The van der Waals surface area contributed by atoms with Crippen LogP contribution < -0.4 is 9.64 Å². The van der Waals surface area contributed by atoms with E-state index in [1.807, 2.05) is 6.92 Å². The highest BCUT2D eigenvalue weighted by molar-refractivity contribution is 6.33. The number of hydrogen-bond acceptors (Lipinski definition) is 3. The van der Waals surface area contributed by atoms with Crippen molar-refractivity contribution in [2.45, 2.75) is 26.4 Å². The summed E-state index contributed by atoms with van der Waals surface area (Å²) in [4.78, 5) is 24.8. The lowest BCUT2D eigenvalue weighted by molar-refractivity contribution is -0.119. The molecule has 0 aliphatic carbocycles. The van der Waals surface area contributed by atoms with E-state index in [-0.39, 0.29) is 24.2 Å². The monoisotopic (exact) mass is 267 g/mol. The van der Waals surface area contributed by atoms with Crippen molar-refractivity contribution in [3.63, 3.8) is 0 Å². The van der Waals surface area contributed by atoms with Gasteiger partial charge in [-0.05, 0) is 26.0 Å². The maximum absolute atomic E-state index is 11.9. The SMILES string of the molecule is CC(=O)c1cc(Cl)c2c(c1)N(C)C(=O)CC(C)O2. The van der Waals surface area contributed by atoms with E-state index >= 15 is 0 Å². The van der Waals surface area contributed by atoms with Crippen LogP contribution in [0.25, 0.3) is 0 Å². The predicted molar refractivity (Wildman–Crippen MR) is 69.6 cm³/mol. The van der Waals surface area contributed by atoms with Crippen molar-refractivity contribution in [3.05, 3.63) is 22.7 Å². The van der Waals surface area contributed by atoms with Gasteiger partial charge in [-0.25, -0.2) is 0 Å². The number of ether oxygens (including phenoxy) is 1. The van der Waals surface area contributed by atoms with Crippen molar-refractivity contribution >= 4 is 29.0 Å². The highest BCUT2D eigenvalue weighted by atomic mass is 35.5. The molecule has 1 atom stereocenters. The Morgan fingerprint density at radius 1 is 1.50 bits per heavy atom. The van der Waals surface area contributed by atoms with Crippen LogP contribution >= 0.6 is 11.6 Å². The summed E-state index contributed by atoms with van der Waals surface area (Å²) >= 11 is 6.13. The van der Waals surface area contributed by atoms with Gasteiger partial charge >= 0.3 is 0 Å². The average Bonchev–Trinajstić information content (AvgIpc) is 2.39. The fourth-order valence-electron chi connectivity index (χ4n) is 1.91. The first kappa shape index (κ1) is 12.9. The molecule has 1 aromatic rings. The smallest absolute Gasteiger partial charge is 0.230 e. The molecule has 0 saturated carbocycles. The first-order valence-corrected chi connectivity index (χ1v) is 6.05. The van der Waals surface area contributed by atoms with E-state index in [0.717, 1.165) is 0 Å². The van der Waals surface area contributed by atoms with Gasteiger partial charge in [0.15, 0.2) is 11.5 Å². The molecule has 0 fully saturated rings. The van der Waals surface area contributed by atoms with Crippen molar-refractivity contribution in [3.8, 4) is 5.75 Å². The van der Waals surface area contributed by atoms with Gasteiger partial charge in [-0.3, -0.25) is 9.59 Å². The van der Waals surface area contributed by atoms with Crippen LogP contribution in [0.3, 0.4) is 0 Å². The summed E-state index contributed by atoms with van der Waals surface area (Å²) in [5, 5.41) is 0.353. The fourth-order valence-corrected chi connectivity index (χ4v) is 2.17. The number of ketones is 1. The second-order valence-electron chi connectivity index (χ2n) is 4.45. The molecule has 0 aromatic heterocycles. The van der Waals surface area contributed by atoms with Crippen LogP contribution in [0.2, 0.25) is 5.02 Å². The zero-order chi connectivity index (χ0) is 13.4. The molecule has 0 saturated heterocycles. The first-order valence-electron chi connectivity index (χ1n) is 5.68. The van der Waals surface area contributed by atoms with Gasteiger partial charge in [-0.2, -0.15) is 0 Å². The molecule has 1 heterocycles. The van der Waals surface area contributed by atoms with Crippen LogP contribution in [0.4, 0.5) is 5.69 Å². The molecule has 96 valence electrons. The van der Waals surface area contributed by atoms with Gasteiger partial charge in [0.25, 0.3) is 0 Å². The Balaban J connectivity index is 2.62. The molecule has 0 bridgehead atoms. The minimum atomic E-state index is -0.234. The van der Waals surface area contributed by atoms with Crippen molar-refractivity contribution in [2.24, 2.45) is 0 Å². The fraction of sp³-hybridized carbons (Fsp3) is 0.385. The number of benzene rings is 1. The maximum atomic E-state index is 11.9. The molecular formula is C13H14ClNO3. The van der Waals surface area contributed by atoms with Gasteiger partial charge in [0.2, 0.25) is 5.91 Å². The minimum absolute atomic E-state index is 0.0574. The Morgan fingerprint density at radius 2 is 2.17 bits per heavy atom. The van der Waals surface area contributed by atoms with E-state index in [1.165, 1.54) is 11.8 Å². The van der Waals surface area contributed by atoms with E-state index < -0.39 is 0 Å². The molecule has 1 amide bonds. The van der Waals surface area contributed by atoms with Gasteiger partial charge in [-0.1, -0.05) is 11.6 Å². The number of anilines is 1. The number of fused-ring (bicyclic) bond motifs is 1. The molecule has 0 radical (unpaired) electrons. The van der Waals surface area contributed by atoms with Crippen LogP contribution in [-0.4, -0.2) is 24.8 Å². The number of Topliss-reactive ketones (excluding diaryl/α,β-unsaturated/α-hetero) is 1. The Bertz CT molecular complexity index is 527. The molecule has 2 rings (SSSR count). The number of carbonyl (C=O) groups is 2. The summed E-state index contributed by atoms with van der Waals surface area (Å²) in [6, 6.07) is 3.21. The van der Waals surface area contributed by atoms with Gasteiger partial charge in [0, 0.05) is 12.6 Å². The largest absolute Gasteiger partial charge is 0.486 e. The van der Waals surface area contributed by atoms with E-state index in [2.05, 4.69) is 0 Å². The van der Waals surface area contributed by atoms with Crippen molar-refractivity contribution in [2.75, 3.05) is 11.9 Å². The number of rotatable bonds is 1. The number of nitrogens with zero attached hydrogens (tertiary/aromatic N) is 1. The van der Waals surface area contributed by atoms with E-state index in [1.54, 1.807) is 19.2 Å². The van der Waals surface area contributed by atoms with Crippen LogP contribution in [-0.2, 0) is 4.79 Å². The van der Waals surface area contributed by atoms with Crippen molar-refractivity contribution < 1.29 is 14.3 Å². The van der Waals surface area contributed by atoms with Crippen LogP contribution in [0, 0.1) is 0 Å². The molecule has 1 aromatic carbocycles. The Morgan fingerprint density at radius 3 is 2.78 bits per heavy atom. The Hall–Kier alpha value is -1.55. The summed E-state index contributed by atoms with van der Waals surface area (Å²) in [5.41, 5.74) is 1.01. The Kier molecular flexibility index (Phi) is 3.30. The molecular weight excluding hydrogens is 254 g/mol. The molecule has 5 heteroatoms. The standard InChI is InChI=1S/C13H14ClNO3/c1-7-4-12(17)15(3)11-6-9(8(2)16)5-10(14)13(11)18-7/h5-7H,4H2,1-3H3. The molecule has 18 heavy (non-hydrogen) atoms. The molecule has 4 nitrogen and oxygen atoms in total. The molecule has 1 unspecified atom stereocenters. The zero-order valence-electron chi connectivity index (χ0n) is 10.5. The highest BCUT2D eigenvalue weighted by Gasteiger charge is 2.27. The number of amides is 1. The number of halogens is 1. The second-order valence-corrected chi connectivity index (χ2v) is 4.86. The van der Waals surface area contributed by atoms with Crippen LogP contribution in [0.1, 0.15) is 30.6 Å². The summed E-state index contributed by atoms with van der Waals surface area (Å²) < 4.78 is 5.66. The normalized spacial score (nSPS) is 19.0. The van der Waals surface area contributed by atoms with Gasteiger partial charge in [0.1, 0.15) is 6.10 Å². The lowest BCUT2D eigenvalue weighted by atomic mass is 10.1. The van der Waals surface area contributed by atoms with E-state index in [9.17, 15) is 9.59 Å². The molecule has 1 aliphatic heterocycles. The predicted octanol–water partition coefficient (Wildman–Crippen LogP) is 2.68. The Labute approximate surface area is 110 Å².